The van der Waals surface area contributed by atoms with Gasteiger partial charge in [0.15, 0.2) is 0 Å². The molecule has 0 saturated heterocycles. The fraction of sp³-hybridized carbons (Fsp3) is 0.462. The molecule has 1 amide bonds. The highest BCUT2D eigenvalue weighted by atomic mass is 16.5. The molecule has 1 aromatic rings. The monoisotopic (exact) mass is 236 g/mol. The van der Waals surface area contributed by atoms with Crippen molar-refractivity contribution in [3.63, 3.8) is 0 Å². The first-order valence-corrected chi connectivity index (χ1v) is 5.76. The minimum absolute atomic E-state index is 0.0636. The number of nitrogen functional groups attached to an aromatic ring is 1. The molecule has 0 aliphatic rings. The Labute approximate surface area is 102 Å². The fourth-order valence-electron chi connectivity index (χ4n) is 1.21. The SMILES string of the molecule is CC(C)C(C)OCC(=O)Nc1cccc(N)c1. The van der Waals surface area contributed by atoms with Gasteiger partial charge in [-0.05, 0) is 31.0 Å². The fourth-order valence-corrected chi connectivity index (χ4v) is 1.21. The standard InChI is InChI=1S/C13H20N2O2/c1-9(2)10(3)17-8-13(16)15-12-6-4-5-11(14)7-12/h4-7,9-10H,8,14H2,1-3H3,(H,15,16). The van der Waals surface area contributed by atoms with E-state index in [0.717, 1.165) is 0 Å². The summed E-state index contributed by atoms with van der Waals surface area (Å²) in [5.41, 5.74) is 6.93. The van der Waals surface area contributed by atoms with Crippen LogP contribution < -0.4 is 11.1 Å². The van der Waals surface area contributed by atoms with Crippen molar-refractivity contribution in [3.8, 4) is 0 Å². The van der Waals surface area contributed by atoms with Crippen molar-refractivity contribution in [2.75, 3.05) is 17.7 Å². The Kier molecular flexibility index (Phi) is 4.97. The van der Waals surface area contributed by atoms with Gasteiger partial charge < -0.3 is 15.8 Å². The molecule has 94 valence electrons. The van der Waals surface area contributed by atoms with E-state index in [4.69, 9.17) is 10.5 Å². The van der Waals surface area contributed by atoms with Crippen molar-refractivity contribution in [2.45, 2.75) is 26.9 Å². The van der Waals surface area contributed by atoms with Gasteiger partial charge in [-0.15, -0.1) is 0 Å². The van der Waals surface area contributed by atoms with E-state index < -0.39 is 0 Å². The lowest BCUT2D eigenvalue weighted by atomic mass is 10.1. The number of benzene rings is 1. The Morgan fingerprint density at radius 2 is 2.12 bits per heavy atom. The van der Waals surface area contributed by atoms with Crippen molar-refractivity contribution < 1.29 is 9.53 Å². The zero-order valence-electron chi connectivity index (χ0n) is 10.6. The van der Waals surface area contributed by atoms with Gasteiger partial charge in [-0.3, -0.25) is 4.79 Å². The number of carbonyl (C=O) groups excluding carboxylic acids is 1. The van der Waals surface area contributed by atoms with Crippen LogP contribution in [0.2, 0.25) is 0 Å². The number of nitrogens with two attached hydrogens (primary N) is 1. The summed E-state index contributed by atoms with van der Waals surface area (Å²) in [7, 11) is 0. The first-order chi connectivity index (χ1) is 7.99. The van der Waals surface area contributed by atoms with Crippen molar-refractivity contribution in [3.05, 3.63) is 24.3 Å². The lowest BCUT2D eigenvalue weighted by molar-refractivity contribution is -0.123. The molecule has 0 fully saturated rings. The second-order valence-corrected chi connectivity index (χ2v) is 4.43. The number of hydrogen-bond donors (Lipinski definition) is 2. The summed E-state index contributed by atoms with van der Waals surface area (Å²) in [5.74, 6) is 0.235. The number of hydrogen-bond acceptors (Lipinski definition) is 3. The summed E-state index contributed by atoms with van der Waals surface area (Å²) >= 11 is 0. The van der Waals surface area contributed by atoms with Crippen LogP contribution >= 0.6 is 0 Å². The third-order valence-corrected chi connectivity index (χ3v) is 2.59. The van der Waals surface area contributed by atoms with Crippen LogP contribution in [0.5, 0.6) is 0 Å². The van der Waals surface area contributed by atoms with E-state index in [0.29, 0.717) is 17.3 Å². The minimum Gasteiger partial charge on any atom is -0.399 e. The summed E-state index contributed by atoms with van der Waals surface area (Å²) in [6.07, 6.45) is 0.0709. The minimum atomic E-state index is -0.164. The molecule has 17 heavy (non-hydrogen) atoms. The van der Waals surface area contributed by atoms with E-state index in [1.165, 1.54) is 0 Å². The lowest BCUT2D eigenvalue weighted by Gasteiger charge is -2.16. The third-order valence-electron chi connectivity index (χ3n) is 2.59. The summed E-state index contributed by atoms with van der Waals surface area (Å²) in [6, 6.07) is 7.07. The van der Waals surface area contributed by atoms with Gasteiger partial charge in [-0.1, -0.05) is 19.9 Å². The van der Waals surface area contributed by atoms with Gasteiger partial charge in [0, 0.05) is 11.4 Å². The lowest BCUT2D eigenvalue weighted by Crippen LogP contribution is -2.24. The summed E-state index contributed by atoms with van der Waals surface area (Å²) in [4.78, 5) is 11.6. The molecule has 1 atom stereocenters. The van der Waals surface area contributed by atoms with Crippen LogP contribution in [-0.2, 0) is 9.53 Å². The van der Waals surface area contributed by atoms with Gasteiger partial charge >= 0.3 is 0 Å². The van der Waals surface area contributed by atoms with Crippen molar-refractivity contribution in [2.24, 2.45) is 5.92 Å². The van der Waals surface area contributed by atoms with Gasteiger partial charge in [0.1, 0.15) is 6.61 Å². The van der Waals surface area contributed by atoms with Crippen LogP contribution in [0.25, 0.3) is 0 Å². The highest BCUT2D eigenvalue weighted by molar-refractivity contribution is 5.92. The number of carbonyl (C=O) groups is 1. The van der Waals surface area contributed by atoms with E-state index >= 15 is 0 Å². The Bertz CT molecular complexity index is 377. The summed E-state index contributed by atoms with van der Waals surface area (Å²) < 4.78 is 5.42. The van der Waals surface area contributed by atoms with Gasteiger partial charge in [-0.25, -0.2) is 0 Å². The van der Waals surface area contributed by atoms with Crippen LogP contribution in [0, 0.1) is 5.92 Å². The Hall–Kier alpha value is -1.55. The quantitative estimate of drug-likeness (QED) is 0.771. The largest absolute Gasteiger partial charge is 0.399 e. The first-order valence-electron chi connectivity index (χ1n) is 5.76. The number of rotatable bonds is 5. The Balaban J connectivity index is 2.40. The van der Waals surface area contributed by atoms with E-state index in [1.54, 1.807) is 24.3 Å². The number of anilines is 2. The van der Waals surface area contributed by atoms with Crippen LogP contribution in [0.4, 0.5) is 11.4 Å². The smallest absolute Gasteiger partial charge is 0.250 e. The Morgan fingerprint density at radius 3 is 2.71 bits per heavy atom. The first kappa shape index (κ1) is 13.5. The molecule has 4 heteroatoms. The molecule has 0 radical (unpaired) electrons. The molecule has 4 nitrogen and oxygen atoms in total. The maximum Gasteiger partial charge on any atom is 0.250 e. The van der Waals surface area contributed by atoms with Crippen molar-refractivity contribution >= 4 is 17.3 Å². The summed E-state index contributed by atoms with van der Waals surface area (Å²) in [6.45, 7) is 6.13. The topological polar surface area (TPSA) is 64.3 Å². The number of nitrogens with one attached hydrogen (secondary N) is 1. The normalized spacial score (nSPS) is 12.5. The molecular formula is C13H20N2O2. The molecule has 1 rings (SSSR count). The molecule has 0 heterocycles. The highest BCUT2D eigenvalue weighted by Gasteiger charge is 2.10. The third kappa shape index (κ3) is 4.87. The predicted octanol–water partition coefficient (Wildman–Crippen LogP) is 2.27. The van der Waals surface area contributed by atoms with Crippen LogP contribution in [0.15, 0.2) is 24.3 Å². The Morgan fingerprint density at radius 1 is 1.41 bits per heavy atom. The highest BCUT2D eigenvalue weighted by Crippen LogP contribution is 2.12. The average Bonchev–Trinajstić information content (AvgIpc) is 2.25. The molecule has 0 aliphatic heterocycles. The van der Waals surface area contributed by atoms with Gasteiger partial charge in [-0.2, -0.15) is 0 Å². The number of ether oxygens (including phenoxy) is 1. The van der Waals surface area contributed by atoms with E-state index in [-0.39, 0.29) is 18.6 Å². The molecule has 0 aliphatic carbocycles. The maximum absolute atomic E-state index is 11.6. The molecule has 0 spiro atoms. The van der Waals surface area contributed by atoms with Gasteiger partial charge in [0.2, 0.25) is 5.91 Å². The second-order valence-electron chi connectivity index (χ2n) is 4.43. The van der Waals surface area contributed by atoms with Crippen LogP contribution in [-0.4, -0.2) is 18.6 Å². The predicted molar refractivity (Wildman–Crippen MR) is 69.7 cm³/mol. The van der Waals surface area contributed by atoms with E-state index in [1.807, 2.05) is 6.92 Å². The van der Waals surface area contributed by atoms with Gasteiger partial charge in [0.25, 0.3) is 0 Å². The second kappa shape index (κ2) is 6.25. The van der Waals surface area contributed by atoms with Crippen molar-refractivity contribution in [1.82, 2.24) is 0 Å². The summed E-state index contributed by atoms with van der Waals surface area (Å²) in [5, 5.41) is 2.73. The average molecular weight is 236 g/mol. The maximum atomic E-state index is 11.6. The van der Waals surface area contributed by atoms with E-state index in [9.17, 15) is 4.79 Å². The van der Waals surface area contributed by atoms with Gasteiger partial charge in [0.05, 0.1) is 6.10 Å². The molecule has 0 aromatic heterocycles. The zero-order valence-corrected chi connectivity index (χ0v) is 10.6. The zero-order chi connectivity index (χ0) is 12.8. The molecule has 3 N–H and O–H groups in total. The van der Waals surface area contributed by atoms with Crippen molar-refractivity contribution in [1.29, 1.82) is 0 Å². The molecule has 0 saturated carbocycles. The number of amides is 1. The molecule has 1 unspecified atom stereocenters. The van der Waals surface area contributed by atoms with E-state index in [2.05, 4.69) is 19.2 Å². The molecule has 1 aromatic carbocycles. The molecule has 0 bridgehead atoms. The molecular weight excluding hydrogens is 216 g/mol. The van der Waals surface area contributed by atoms with Crippen LogP contribution in [0.1, 0.15) is 20.8 Å². The van der Waals surface area contributed by atoms with Crippen LogP contribution in [0.3, 0.4) is 0 Å².